The van der Waals surface area contributed by atoms with E-state index in [0.717, 1.165) is 29.7 Å². The number of carboxylic acids is 1. The second-order valence-corrected chi connectivity index (χ2v) is 7.27. The van der Waals surface area contributed by atoms with Gasteiger partial charge in [-0.15, -0.1) is 0 Å². The molecule has 1 saturated heterocycles. The molecule has 0 bridgehead atoms. The highest BCUT2D eigenvalue weighted by molar-refractivity contribution is 9.10. The number of carbonyl (C=O) groups excluding carboxylic acids is 1. The summed E-state index contributed by atoms with van der Waals surface area (Å²) >= 11 is 3.56. The van der Waals surface area contributed by atoms with E-state index in [1.165, 1.54) is 0 Å². The third-order valence-electron chi connectivity index (χ3n) is 5.05. The summed E-state index contributed by atoms with van der Waals surface area (Å²) in [7, 11) is 0. The zero-order valence-corrected chi connectivity index (χ0v) is 15.8. The number of nitrogens with zero attached hydrogens (tertiary/aromatic N) is 1. The Morgan fingerprint density at radius 2 is 2.00 bits per heavy atom. The molecule has 1 amide bonds. The number of aliphatic carboxylic acids is 1. The lowest BCUT2D eigenvalue weighted by atomic mass is 9.79. The van der Waals surface area contributed by atoms with Crippen LogP contribution in [0.3, 0.4) is 0 Å². The van der Waals surface area contributed by atoms with Crippen molar-refractivity contribution in [1.29, 1.82) is 0 Å². The number of amides is 1. The molecule has 1 aromatic rings. The molecule has 6 heteroatoms. The highest BCUT2D eigenvalue weighted by Crippen LogP contribution is 2.32. The summed E-state index contributed by atoms with van der Waals surface area (Å²) in [6.07, 6.45) is 1.83. The SMILES string of the molecule is CCC(CC)(CC(=O)NC1CCN(c2ccccc2Br)C1)C(=O)O. The fourth-order valence-electron chi connectivity index (χ4n) is 3.27. The molecule has 1 fully saturated rings. The van der Waals surface area contributed by atoms with Gasteiger partial charge in [-0.05, 0) is 47.3 Å². The zero-order chi connectivity index (χ0) is 17.7. The van der Waals surface area contributed by atoms with Crippen LogP contribution in [0.5, 0.6) is 0 Å². The smallest absolute Gasteiger partial charge is 0.310 e. The Labute approximate surface area is 151 Å². The number of benzene rings is 1. The first kappa shape index (κ1) is 18.8. The summed E-state index contributed by atoms with van der Waals surface area (Å²) in [6, 6.07) is 8.09. The van der Waals surface area contributed by atoms with Crippen LogP contribution in [-0.4, -0.2) is 36.1 Å². The van der Waals surface area contributed by atoms with Crippen molar-refractivity contribution in [3.05, 3.63) is 28.7 Å². The van der Waals surface area contributed by atoms with Crippen molar-refractivity contribution in [2.75, 3.05) is 18.0 Å². The Balaban J connectivity index is 1.94. The third kappa shape index (κ3) is 4.09. The number of carbonyl (C=O) groups is 2. The molecular formula is C18H25BrN2O3. The van der Waals surface area contributed by atoms with Crippen LogP contribution in [-0.2, 0) is 9.59 Å². The Hall–Kier alpha value is -1.56. The molecule has 0 aromatic heterocycles. The van der Waals surface area contributed by atoms with Crippen LogP contribution in [0.4, 0.5) is 5.69 Å². The molecule has 1 aliphatic rings. The Morgan fingerprint density at radius 1 is 1.33 bits per heavy atom. The average molecular weight is 397 g/mol. The van der Waals surface area contributed by atoms with E-state index in [2.05, 4.69) is 32.2 Å². The monoisotopic (exact) mass is 396 g/mol. The van der Waals surface area contributed by atoms with Gasteiger partial charge in [-0.3, -0.25) is 9.59 Å². The largest absolute Gasteiger partial charge is 0.481 e. The topological polar surface area (TPSA) is 69.6 Å². The van der Waals surface area contributed by atoms with Crippen molar-refractivity contribution >= 4 is 33.5 Å². The van der Waals surface area contributed by atoms with E-state index in [1.807, 2.05) is 32.0 Å². The summed E-state index contributed by atoms with van der Waals surface area (Å²) in [5.74, 6) is -1.05. The van der Waals surface area contributed by atoms with E-state index in [4.69, 9.17) is 0 Å². The quantitative estimate of drug-likeness (QED) is 0.740. The molecule has 0 spiro atoms. The minimum atomic E-state index is -0.954. The molecule has 1 atom stereocenters. The maximum absolute atomic E-state index is 12.3. The van der Waals surface area contributed by atoms with E-state index in [0.29, 0.717) is 12.8 Å². The summed E-state index contributed by atoms with van der Waals surface area (Å²) in [5.41, 5.74) is 0.168. The molecule has 5 nitrogen and oxygen atoms in total. The van der Waals surface area contributed by atoms with Crippen LogP contribution in [0.1, 0.15) is 39.5 Å². The first-order valence-electron chi connectivity index (χ1n) is 8.44. The van der Waals surface area contributed by atoms with Gasteiger partial charge in [-0.25, -0.2) is 0 Å². The Kier molecular flexibility index (Phi) is 6.27. The second kappa shape index (κ2) is 8.01. The maximum Gasteiger partial charge on any atom is 0.310 e. The van der Waals surface area contributed by atoms with Gasteiger partial charge in [0.25, 0.3) is 0 Å². The predicted molar refractivity (Wildman–Crippen MR) is 98.2 cm³/mol. The summed E-state index contributed by atoms with van der Waals surface area (Å²) in [6.45, 7) is 5.27. The van der Waals surface area contributed by atoms with Crippen LogP contribution in [0.15, 0.2) is 28.7 Å². The molecule has 24 heavy (non-hydrogen) atoms. The average Bonchev–Trinajstić information content (AvgIpc) is 3.01. The van der Waals surface area contributed by atoms with Crippen LogP contribution >= 0.6 is 15.9 Å². The number of hydrogen-bond acceptors (Lipinski definition) is 3. The number of para-hydroxylation sites is 1. The van der Waals surface area contributed by atoms with Crippen molar-refractivity contribution in [1.82, 2.24) is 5.32 Å². The van der Waals surface area contributed by atoms with Gasteiger partial charge in [-0.1, -0.05) is 26.0 Å². The lowest BCUT2D eigenvalue weighted by Crippen LogP contribution is -2.42. The number of nitrogens with one attached hydrogen (secondary N) is 1. The first-order valence-corrected chi connectivity index (χ1v) is 9.23. The van der Waals surface area contributed by atoms with Gasteiger partial charge >= 0.3 is 5.97 Å². The first-order chi connectivity index (χ1) is 11.4. The maximum atomic E-state index is 12.3. The van der Waals surface area contributed by atoms with Gasteiger partial charge in [0.1, 0.15) is 0 Å². The van der Waals surface area contributed by atoms with E-state index >= 15 is 0 Å². The van der Waals surface area contributed by atoms with Crippen molar-refractivity contribution in [2.45, 2.75) is 45.6 Å². The Bertz CT molecular complexity index is 602. The Morgan fingerprint density at radius 3 is 2.58 bits per heavy atom. The number of anilines is 1. The van der Waals surface area contributed by atoms with Gasteiger partial charge in [0.2, 0.25) is 5.91 Å². The van der Waals surface area contributed by atoms with Crippen LogP contribution < -0.4 is 10.2 Å². The minimum Gasteiger partial charge on any atom is -0.481 e. The third-order valence-corrected chi connectivity index (χ3v) is 5.72. The molecular weight excluding hydrogens is 372 g/mol. The van der Waals surface area contributed by atoms with Gasteiger partial charge in [0.15, 0.2) is 0 Å². The molecule has 1 aliphatic heterocycles. The van der Waals surface area contributed by atoms with Gasteiger partial charge in [0.05, 0.1) is 11.1 Å². The lowest BCUT2D eigenvalue weighted by molar-refractivity contribution is -0.152. The highest BCUT2D eigenvalue weighted by atomic mass is 79.9. The molecule has 1 heterocycles. The predicted octanol–water partition coefficient (Wildman–Crippen LogP) is 3.43. The van der Waals surface area contributed by atoms with Crippen LogP contribution in [0.2, 0.25) is 0 Å². The van der Waals surface area contributed by atoms with E-state index in [9.17, 15) is 14.7 Å². The second-order valence-electron chi connectivity index (χ2n) is 6.42. The van der Waals surface area contributed by atoms with Gasteiger partial charge in [-0.2, -0.15) is 0 Å². The minimum absolute atomic E-state index is 0.0425. The van der Waals surface area contributed by atoms with Crippen molar-refractivity contribution in [3.63, 3.8) is 0 Å². The molecule has 1 aromatic carbocycles. The van der Waals surface area contributed by atoms with E-state index in [1.54, 1.807) is 0 Å². The molecule has 1 unspecified atom stereocenters. The van der Waals surface area contributed by atoms with E-state index < -0.39 is 11.4 Å². The summed E-state index contributed by atoms with van der Waals surface area (Å²) in [5, 5.41) is 12.5. The van der Waals surface area contributed by atoms with Crippen molar-refractivity contribution in [2.24, 2.45) is 5.41 Å². The van der Waals surface area contributed by atoms with Gasteiger partial charge < -0.3 is 15.3 Å². The normalized spacial score (nSPS) is 17.8. The number of rotatable bonds is 7. The zero-order valence-electron chi connectivity index (χ0n) is 14.2. The summed E-state index contributed by atoms with van der Waals surface area (Å²) in [4.78, 5) is 26.1. The molecule has 0 aliphatic carbocycles. The van der Waals surface area contributed by atoms with Crippen molar-refractivity contribution in [3.8, 4) is 0 Å². The molecule has 2 rings (SSSR count). The highest BCUT2D eigenvalue weighted by Gasteiger charge is 2.38. The molecule has 0 saturated carbocycles. The number of carboxylic acid groups (broad SMARTS) is 1. The molecule has 132 valence electrons. The number of halogens is 1. The molecule has 0 radical (unpaired) electrons. The van der Waals surface area contributed by atoms with E-state index in [-0.39, 0.29) is 18.4 Å². The fourth-order valence-corrected chi connectivity index (χ4v) is 3.80. The summed E-state index contributed by atoms with van der Waals surface area (Å²) < 4.78 is 1.04. The van der Waals surface area contributed by atoms with Crippen molar-refractivity contribution < 1.29 is 14.7 Å². The number of hydrogen-bond donors (Lipinski definition) is 2. The van der Waals surface area contributed by atoms with Crippen LogP contribution in [0.25, 0.3) is 0 Å². The standard InChI is InChI=1S/C18H25BrN2O3/c1-3-18(4-2,17(23)24)11-16(22)20-13-9-10-21(12-13)15-8-6-5-7-14(15)19/h5-8,13H,3-4,9-12H2,1-2H3,(H,20,22)(H,23,24). The lowest BCUT2D eigenvalue weighted by Gasteiger charge is -2.27. The van der Waals surface area contributed by atoms with Crippen LogP contribution in [0, 0.1) is 5.41 Å². The molecule has 2 N–H and O–H groups in total. The van der Waals surface area contributed by atoms with Gasteiger partial charge in [0, 0.05) is 30.0 Å². The fraction of sp³-hybridized carbons (Fsp3) is 0.556.